The number of benzene rings is 1. The predicted octanol–water partition coefficient (Wildman–Crippen LogP) is 3.37. The Morgan fingerprint density at radius 3 is 2.60 bits per heavy atom. The minimum absolute atomic E-state index is 0.460. The van der Waals surface area contributed by atoms with Crippen LogP contribution in [0.2, 0.25) is 0 Å². The van der Waals surface area contributed by atoms with Gasteiger partial charge in [0.15, 0.2) is 0 Å². The van der Waals surface area contributed by atoms with Crippen molar-refractivity contribution in [2.75, 3.05) is 14.1 Å². The molecule has 0 saturated heterocycles. The van der Waals surface area contributed by atoms with Gasteiger partial charge in [0.1, 0.15) is 0 Å². The van der Waals surface area contributed by atoms with Crippen LogP contribution in [0.25, 0.3) is 5.57 Å². The Bertz CT molecular complexity index is 519. The van der Waals surface area contributed by atoms with Crippen LogP contribution in [0.4, 0.5) is 0 Å². The van der Waals surface area contributed by atoms with Crippen LogP contribution in [-0.2, 0) is 4.79 Å². The molecular weight excluding hydrogens is 250 g/mol. The molecule has 0 fully saturated rings. The van der Waals surface area contributed by atoms with E-state index in [1.807, 2.05) is 18.2 Å². The van der Waals surface area contributed by atoms with Crippen molar-refractivity contribution in [1.29, 1.82) is 0 Å². The summed E-state index contributed by atoms with van der Waals surface area (Å²) in [4.78, 5) is 13.5. The van der Waals surface area contributed by atoms with Gasteiger partial charge in [0, 0.05) is 6.04 Å². The number of rotatable bonds is 4. The smallest absolute Gasteiger partial charge is 0.310 e. The van der Waals surface area contributed by atoms with E-state index in [4.69, 9.17) is 0 Å². The van der Waals surface area contributed by atoms with Crippen LogP contribution in [0.1, 0.15) is 43.2 Å². The summed E-state index contributed by atoms with van der Waals surface area (Å²) in [6.07, 6.45) is 5.47. The summed E-state index contributed by atoms with van der Waals surface area (Å²) in [5, 5.41) is 9.25. The number of aliphatic carboxylic acids is 1. The van der Waals surface area contributed by atoms with Crippen LogP contribution < -0.4 is 0 Å². The molecule has 3 heteroatoms. The summed E-state index contributed by atoms with van der Waals surface area (Å²) >= 11 is 0. The molecule has 0 bridgehead atoms. The van der Waals surface area contributed by atoms with Crippen molar-refractivity contribution in [2.24, 2.45) is 0 Å². The summed E-state index contributed by atoms with van der Waals surface area (Å²) in [6.45, 7) is 1.76. The Morgan fingerprint density at radius 1 is 1.35 bits per heavy atom. The number of nitrogens with zero attached hydrogens (tertiary/aromatic N) is 1. The summed E-state index contributed by atoms with van der Waals surface area (Å²) in [7, 11) is 4.23. The highest BCUT2D eigenvalue weighted by atomic mass is 16.4. The lowest BCUT2D eigenvalue weighted by Gasteiger charge is -2.28. The Balaban J connectivity index is 2.28. The van der Waals surface area contributed by atoms with Crippen LogP contribution in [0.3, 0.4) is 0 Å². The zero-order valence-electron chi connectivity index (χ0n) is 12.5. The summed E-state index contributed by atoms with van der Waals surface area (Å²) in [6, 6.07) is 8.50. The Hall–Kier alpha value is -1.61. The van der Waals surface area contributed by atoms with Gasteiger partial charge in [-0.25, -0.2) is 0 Å². The molecule has 2 atom stereocenters. The molecule has 0 aliphatic heterocycles. The van der Waals surface area contributed by atoms with Gasteiger partial charge in [0.2, 0.25) is 0 Å². The first-order valence-electron chi connectivity index (χ1n) is 7.18. The lowest BCUT2D eigenvalue weighted by Crippen LogP contribution is -2.29. The Kier molecular flexibility index (Phi) is 4.61. The lowest BCUT2D eigenvalue weighted by atomic mass is 9.85. The second-order valence-corrected chi connectivity index (χ2v) is 5.77. The Morgan fingerprint density at radius 2 is 2.05 bits per heavy atom. The highest BCUT2D eigenvalue weighted by Gasteiger charge is 2.22. The largest absolute Gasteiger partial charge is 0.481 e. The van der Waals surface area contributed by atoms with Crippen molar-refractivity contribution in [3.05, 3.63) is 41.5 Å². The monoisotopic (exact) mass is 273 g/mol. The third kappa shape index (κ3) is 3.10. The van der Waals surface area contributed by atoms with E-state index in [1.54, 1.807) is 6.92 Å². The molecule has 0 heterocycles. The predicted molar refractivity (Wildman–Crippen MR) is 81.8 cm³/mol. The molecule has 0 radical (unpaired) electrons. The fourth-order valence-electron chi connectivity index (χ4n) is 2.83. The van der Waals surface area contributed by atoms with E-state index in [2.05, 4.69) is 31.1 Å². The normalized spacial score (nSPS) is 20.6. The molecule has 1 aromatic carbocycles. The van der Waals surface area contributed by atoms with Gasteiger partial charge in [0.05, 0.1) is 5.92 Å². The van der Waals surface area contributed by atoms with E-state index in [1.165, 1.54) is 5.57 Å². The fourth-order valence-corrected chi connectivity index (χ4v) is 2.83. The quantitative estimate of drug-likeness (QED) is 0.914. The topological polar surface area (TPSA) is 40.5 Å². The number of carboxylic acids is 1. The average molecular weight is 273 g/mol. The lowest BCUT2D eigenvalue weighted by molar-refractivity contribution is -0.138. The summed E-state index contributed by atoms with van der Waals surface area (Å²) in [5.41, 5.74) is 3.33. The molecular formula is C17H23NO2. The molecule has 3 nitrogen and oxygen atoms in total. The van der Waals surface area contributed by atoms with Crippen LogP contribution in [0.5, 0.6) is 0 Å². The van der Waals surface area contributed by atoms with Crippen molar-refractivity contribution in [3.8, 4) is 0 Å². The van der Waals surface area contributed by atoms with Crippen molar-refractivity contribution >= 4 is 11.5 Å². The molecule has 2 unspecified atom stereocenters. The third-order valence-corrected chi connectivity index (χ3v) is 4.26. The second-order valence-electron chi connectivity index (χ2n) is 5.77. The maximum atomic E-state index is 11.2. The third-order valence-electron chi connectivity index (χ3n) is 4.26. The van der Waals surface area contributed by atoms with Gasteiger partial charge in [-0.15, -0.1) is 0 Å². The van der Waals surface area contributed by atoms with E-state index >= 15 is 0 Å². The van der Waals surface area contributed by atoms with Crippen LogP contribution >= 0.6 is 0 Å². The Labute approximate surface area is 120 Å². The second kappa shape index (κ2) is 6.23. The SMILES string of the molecule is CC(C(=O)O)c1ccccc1C1=CCC(N(C)C)CC1. The number of carboxylic acid groups (broad SMARTS) is 1. The van der Waals surface area contributed by atoms with E-state index in [9.17, 15) is 9.90 Å². The minimum Gasteiger partial charge on any atom is -0.481 e. The van der Waals surface area contributed by atoms with Gasteiger partial charge in [0.25, 0.3) is 0 Å². The highest BCUT2D eigenvalue weighted by molar-refractivity contribution is 5.80. The highest BCUT2D eigenvalue weighted by Crippen LogP contribution is 2.33. The number of hydrogen-bond donors (Lipinski definition) is 1. The molecule has 108 valence electrons. The summed E-state index contributed by atoms with van der Waals surface area (Å²) in [5.74, 6) is -1.22. The summed E-state index contributed by atoms with van der Waals surface area (Å²) < 4.78 is 0. The van der Waals surface area contributed by atoms with Crippen molar-refractivity contribution in [3.63, 3.8) is 0 Å². The van der Waals surface area contributed by atoms with E-state index in [0.717, 1.165) is 30.4 Å². The molecule has 1 aliphatic rings. The molecule has 1 N–H and O–H groups in total. The van der Waals surface area contributed by atoms with E-state index in [0.29, 0.717) is 6.04 Å². The number of carbonyl (C=O) groups is 1. The van der Waals surface area contributed by atoms with Gasteiger partial charge >= 0.3 is 5.97 Å². The molecule has 0 spiro atoms. The first kappa shape index (κ1) is 14.8. The van der Waals surface area contributed by atoms with Crippen LogP contribution in [0.15, 0.2) is 30.3 Å². The van der Waals surface area contributed by atoms with Crippen LogP contribution in [-0.4, -0.2) is 36.1 Å². The molecule has 1 aliphatic carbocycles. The maximum absolute atomic E-state index is 11.2. The molecule has 0 saturated carbocycles. The van der Waals surface area contributed by atoms with Gasteiger partial charge < -0.3 is 10.0 Å². The molecule has 1 aromatic rings. The first-order chi connectivity index (χ1) is 9.50. The van der Waals surface area contributed by atoms with E-state index in [-0.39, 0.29) is 0 Å². The molecule has 2 rings (SSSR count). The van der Waals surface area contributed by atoms with Gasteiger partial charge in [-0.3, -0.25) is 4.79 Å². The number of hydrogen-bond acceptors (Lipinski definition) is 2. The van der Waals surface area contributed by atoms with Gasteiger partial charge in [-0.1, -0.05) is 30.3 Å². The zero-order valence-corrected chi connectivity index (χ0v) is 12.5. The average Bonchev–Trinajstić information content (AvgIpc) is 2.46. The van der Waals surface area contributed by atoms with Crippen molar-refractivity contribution < 1.29 is 9.90 Å². The first-order valence-corrected chi connectivity index (χ1v) is 7.18. The van der Waals surface area contributed by atoms with Crippen LogP contribution in [0, 0.1) is 0 Å². The molecule has 20 heavy (non-hydrogen) atoms. The van der Waals surface area contributed by atoms with E-state index < -0.39 is 11.9 Å². The van der Waals surface area contributed by atoms with Gasteiger partial charge in [-0.05, 0) is 57.0 Å². The number of allylic oxidation sites excluding steroid dienone is 1. The molecule has 0 aromatic heterocycles. The zero-order chi connectivity index (χ0) is 14.7. The van der Waals surface area contributed by atoms with Crippen molar-refractivity contribution in [2.45, 2.75) is 38.1 Å². The fraction of sp³-hybridized carbons (Fsp3) is 0.471. The molecule has 0 amide bonds. The standard InChI is InChI=1S/C17H23NO2/c1-12(17(19)20)15-6-4-5-7-16(15)13-8-10-14(11-9-13)18(2)3/h4-8,12,14H,9-11H2,1-3H3,(H,19,20). The maximum Gasteiger partial charge on any atom is 0.310 e. The minimum atomic E-state index is -0.764. The van der Waals surface area contributed by atoms with Crippen molar-refractivity contribution in [1.82, 2.24) is 4.90 Å². The van der Waals surface area contributed by atoms with Gasteiger partial charge in [-0.2, -0.15) is 0 Å².